The molecule has 0 heterocycles. The average molecular weight is 223 g/mol. The highest BCUT2D eigenvalue weighted by Gasteiger charge is 2.31. The predicted octanol–water partition coefficient (Wildman–Crippen LogP) is 2.63. The number of rotatable bonds is 3. The van der Waals surface area contributed by atoms with Crippen LogP contribution < -0.4 is 0 Å². The van der Waals surface area contributed by atoms with Gasteiger partial charge in [0.2, 0.25) is 0 Å². The molecule has 0 amide bonds. The first-order valence-corrected chi connectivity index (χ1v) is 4.75. The van der Waals surface area contributed by atoms with Crippen LogP contribution in [0.5, 0.6) is 0 Å². The minimum atomic E-state index is -1.31. The van der Waals surface area contributed by atoms with Crippen molar-refractivity contribution in [2.24, 2.45) is 5.41 Å². The maximum atomic E-state index is 13.3. The Kier molecular flexibility index (Phi) is 3.38. The van der Waals surface area contributed by atoms with Crippen LogP contribution in [0.1, 0.15) is 19.4 Å². The van der Waals surface area contributed by atoms with Gasteiger partial charge in [0.1, 0.15) is 22.8 Å². The van der Waals surface area contributed by atoms with Gasteiger partial charge in [0.25, 0.3) is 0 Å². The Morgan fingerprint density at radius 3 is 2.62 bits per heavy atom. The van der Waals surface area contributed by atoms with Crippen molar-refractivity contribution in [3.05, 3.63) is 35.4 Å². The second-order valence-corrected chi connectivity index (χ2v) is 3.91. The molecule has 0 aliphatic carbocycles. The monoisotopic (exact) mass is 223 g/mol. The number of carbonyl (C=O) groups excluding carboxylic acids is 1. The van der Waals surface area contributed by atoms with Crippen LogP contribution in [0, 0.1) is 28.4 Å². The van der Waals surface area contributed by atoms with E-state index in [4.69, 9.17) is 5.26 Å². The molecule has 1 atom stereocenters. The molecule has 1 aromatic rings. The maximum absolute atomic E-state index is 13.3. The zero-order valence-electron chi connectivity index (χ0n) is 9.05. The zero-order valence-corrected chi connectivity index (χ0v) is 9.05. The summed E-state index contributed by atoms with van der Waals surface area (Å²) in [6.45, 7) is 2.68. The number of hydrogen-bond acceptors (Lipinski definition) is 2. The van der Waals surface area contributed by atoms with Crippen LogP contribution in [0.2, 0.25) is 0 Å². The Labute approximate surface area is 92.5 Å². The van der Waals surface area contributed by atoms with E-state index in [1.165, 1.54) is 13.8 Å². The summed E-state index contributed by atoms with van der Waals surface area (Å²) in [5.41, 5.74) is -1.27. The predicted molar refractivity (Wildman–Crippen MR) is 54.5 cm³/mol. The van der Waals surface area contributed by atoms with Gasteiger partial charge in [0.15, 0.2) is 0 Å². The number of hydrogen-bond donors (Lipinski definition) is 0. The van der Waals surface area contributed by atoms with Gasteiger partial charge in [-0.15, -0.1) is 0 Å². The van der Waals surface area contributed by atoms with Crippen molar-refractivity contribution in [2.45, 2.75) is 20.3 Å². The smallest absolute Gasteiger partial charge is 0.150 e. The second-order valence-electron chi connectivity index (χ2n) is 3.91. The minimum absolute atomic E-state index is 0.0410. The first-order chi connectivity index (χ1) is 7.39. The molecular formula is C12H11F2NO. The van der Waals surface area contributed by atoms with E-state index in [-0.39, 0.29) is 17.8 Å². The molecule has 1 rings (SSSR count). The molecule has 4 heteroatoms. The Hall–Kier alpha value is -1.76. The number of nitrogens with zero attached hydrogens (tertiary/aromatic N) is 1. The third kappa shape index (κ3) is 2.43. The Balaban J connectivity index is 3.09. The lowest BCUT2D eigenvalue weighted by atomic mass is 9.81. The van der Waals surface area contributed by atoms with E-state index in [0.717, 1.165) is 18.2 Å². The van der Waals surface area contributed by atoms with Crippen LogP contribution >= 0.6 is 0 Å². The Morgan fingerprint density at radius 2 is 2.12 bits per heavy atom. The molecule has 16 heavy (non-hydrogen) atoms. The van der Waals surface area contributed by atoms with Crippen molar-refractivity contribution < 1.29 is 13.6 Å². The zero-order chi connectivity index (χ0) is 12.3. The molecule has 0 radical (unpaired) electrons. The van der Waals surface area contributed by atoms with Gasteiger partial charge in [-0.1, -0.05) is 0 Å². The number of carbonyl (C=O) groups is 1. The van der Waals surface area contributed by atoms with Crippen molar-refractivity contribution in [1.82, 2.24) is 0 Å². The van der Waals surface area contributed by atoms with E-state index in [9.17, 15) is 13.6 Å². The Bertz CT molecular complexity index is 465. The number of ketones is 1. The standard InChI is InChI=1S/C12H11F2NO/c1-8(16)12(2,7-15)6-9-5-10(13)3-4-11(9)14/h3-5H,6H2,1-2H3. The van der Waals surface area contributed by atoms with Crippen LogP contribution in [-0.4, -0.2) is 5.78 Å². The molecule has 0 bridgehead atoms. The van der Waals surface area contributed by atoms with Crippen LogP contribution in [0.3, 0.4) is 0 Å². The van der Waals surface area contributed by atoms with E-state index in [1.807, 2.05) is 6.07 Å². The summed E-state index contributed by atoms with van der Waals surface area (Å²) < 4.78 is 26.2. The van der Waals surface area contributed by atoms with Gasteiger partial charge in [-0.3, -0.25) is 4.79 Å². The van der Waals surface area contributed by atoms with Crippen LogP contribution in [0.25, 0.3) is 0 Å². The molecule has 0 saturated carbocycles. The third-order valence-corrected chi connectivity index (χ3v) is 2.58. The molecule has 0 aromatic heterocycles. The molecule has 84 valence electrons. The van der Waals surface area contributed by atoms with Crippen molar-refractivity contribution in [3.63, 3.8) is 0 Å². The lowest BCUT2D eigenvalue weighted by molar-refractivity contribution is -0.123. The van der Waals surface area contributed by atoms with Gasteiger partial charge in [-0.05, 0) is 37.6 Å². The molecule has 0 aliphatic rings. The summed E-state index contributed by atoms with van der Waals surface area (Å²) in [6, 6.07) is 4.83. The fourth-order valence-electron chi connectivity index (χ4n) is 1.30. The van der Waals surface area contributed by atoms with Gasteiger partial charge < -0.3 is 0 Å². The first kappa shape index (κ1) is 12.3. The van der Waals surface area contributed by atoms with Gasteiger partial charge in [0.05, 0.1) is 6.07 Å². The van der Waals surface area contributed by atoms with Crippen molar-refractivity contribution in [1.29, 1.82) is 5.26 Å². The minimum Gasteiger partial charge on any atom is -0.298 e. The van der Waals surface area contributed by atoms with Gasteiger partial charge in [-0.2, -0.15) is 5.26 Å². The quantitative estimate of drug-likeness (QED) is 0.790. The second kappa shape index (κ2) is 4.40. The molecule has 1 unspecified atom stereocenters. The molecule has 0 spiro atoms. The molecule has 0 N–H and O–H groups in total. The van der Waals surface area contributed by atoms with Gasteiger partial charge >= 0.3 is 0 Å². The van der Waals surface area contributed by atoms with E-state index in [1.54, 1.807) is 0 Å². The fraction of sp³-hybridized carbons (Fsp3) is 0.333. The Morgan fingerprint density at radius 1 is 1.50 bits per heavy atom. The van der Waals surface area contributed by atoms with Crippen molar-refractivity contribution in [3.8, 4) is 6.07 Å². The van der Waals surface area contributed by atoms with Crippen molar-refractivity contribution >= 4 is 5.78 Å². The van der Waals surface area contributed by atoms with Crippen LogP contribution in [0.15, 0.2) is 18.2 Å². The largest absolute Gasteiger partial charge is 0.298 e. The first-order valence-electron chi connectivity index (χ1n) is 4.75. The van der Waals surface area contributed by atoms with E-state index in [0.29, 0.717) is 0 Å². The molecule has 2 nitrogen and oxygen atoms in total. The van der Waals surface area contributed by atoms with Gasteiger partial charge in [-0.25, -0.2) is 8.78 Å². The highest BCUT2D eigenvalue weighted by molar-refractivity contribution is 5.85. The van der Waals surface area contributed by atoms with E-state index in [2.05, 4.69) is 0 Å². The van der Waals surface area contributed by atoms with Gasteiger partial charge in [0, 0.05) is 6.42 Å². The normalized spacial score (nSPS) is 13.9. The topological polar surface area (TPSA) is 40.9 Å². The van der Waals surface area contributed by atoms with Crippen molar-refractivity contribution in [2.75, 3.05) is 0 Å². The van der Waals surface area contributed by atoms with Crippen LogP contribution in [-0.2, 0) is 11.2 Å². The summed E-state index contributed by atoms with van der Waals surface area (Å²) in [5, 5.41) is 8.89. The summed E-state index contributed by atoms with van der Waals surface area (Å²) in [6.07, 6.45) is -0.123. The van der Waals surface area contributed by atoms with Crippen LogP contribution in [0.4, 0.5) is 8.78 Å². The summed E-state index contributed by atoms with van der Waals surface area (Å²) in [7, 11) is 0. The number of nitriles is 1. The summed E-state index contributed by atoms with van der Waals surface area (Å²) in [5.74, 6) is -1.55. The number of benzene rings is 1. The molecule has 0 aliphatic heterocycles. The lowest BCUT2D eigenvalue weighted by Gasteiger charge is -2.18. The highest BCUT2D eigenvalue weighted by atomic mass is 19.1. The number of Topliss-reactive ketones (excluding diaryl/α,β-unsaturated/α-hetero) is 1. The number of halogens is 2. The lowest BCUT2D eigenvalue weighted by Crippen LogP contribution is -2.26. The maximum Gasteiger partial charge on any atom is 0.150 e. The SMILES string of the molecule is CC(=O)C(C)(C#N)Cc1cc(F)ccc1F. The third-order valence-electron chi connectivity index (χ3n) is 2.58. The highest BCUT2D eigenvalue weighted by Crippen LogP contribution is 2.24. The average Bonchev–Trinajstić information content (AvgIpc) is 2.23. The van der Waals surface area contributed by atoms with E-state index >= 15 is 0 Å². The van der Waals surface area contributed by atoms with E-state index < -0.39 is 17.0 Å². The summed E-state index contributed by atoms with van der Waals surface area (Å²) >= 11 is 0. The summed E-state index contributed by atoms with van der Waals surface area (Å²) in [4.78, 5) is 11.3. The molecule has 1 aromatic carbocycles. The molecular weight excluding hydrogens is 212 g/mol. The molecule has 0 saturated heterocycles. The fourth-order valence-corrected chi connectivity index (χ4v) is 1.30. The molecule has 0 fully saturated rings.